The van der Waals surface area contributed by atoms with Gasteiger partial charge in [0.2, 0.25) is 5.78 Å². The smallest absolute Gasteiger partial charge is 0.295 e. The van der Waals surface area contributed by atoms with E-state index in [1.807, 2.05) is 0 Å². The molecule has 3 atom stereocenters. The third-order valence-electron chi connectivity index (χ3n) is 3.44. The molecule has 3 unspecified atom stereocenters. The third-order valence-corrected chi connectivity index (χ3v) is 3.44. The second-order valence-electron chi connectivity index (χ2n) is 5.56. The van der Waals surface area contributed by atoms with Crippen molar-refractivity contribution >= 4 is 11.6 Å². The molecule has 0 aromatic rings. The number of Topliss-reactive ketones (excluding diaryl/α,β-unsaturated/α-hetero) is 2. The molecule has 1 aliphatic rings. The lowest BCUT2D eigenvalue weighted by Crippen LogP contribution is -2.33. The molecule has 1 N–H and O–H groups in total. The van der Waals surface area contributed by atoms with Crippen LogP contribution in [0.15, 0.2) is 35.8 Å². The first-order valence-corrected chi connectivity index (χ1v) is 7.37. The molecule has 0 amide bonds. The Morgan fingerprint density at radius 2 is 2.00 bits per heavy atom. The molecule has 0 aromatic carbocycles. The Kier molecular flexibility index (Phi) is 6.72. The van der Waals surface area contributed by atoms with Gasteiger partial charge in [0, 0.05) is 13.5 Å². The molecule has 128 valence electrons. The molecular weight excluding hydrogens is 300 g/mol. The molecule has 0 radical (unpaired) electrons. The fraction of sp³-hybridized carbons (Fsp3) is 0.529. The van der Waals surface area contributed by atoms with Gasteiger partial charge in [-0.15, -0.1) is 0 Å². The van der Waals surface area contributed by atoms with Crippen LogP contribution in [0.25, 0.3) is 0 Å². The Morgan fingerprint density at radius 1 is 1.35 bits per heavy atom. The first-order chi connectivity index (χ1) is 10.7. The van der Waals surface area contributed by atoms with Crippen LogP contribution >= 0.6 is 0 Å². The summed E-state index contributed by atoms with van der Waals surface area (Å²) in [6, 6.07) is 0. The zero-order valence-electron chi connectivity index (χ0n) is 14.2. The Bertz CT molecular complexity index is 543. The van der Waals surface area contributed by atoms with Gasteiger partial charge >= 0.3 is 0 Å². The highest BCUT2D eigenvalue weighted by Gasteiger charge is 2.47. The van der Waals surface area contributed by atoms with E-state index in [0.717, 1.165) is 0 Å². The Balaban J connectivity index is 2.96. The van der Waals surface area contributed by atoms with E-state index in [-0.39, 0.29) is 29.8 Å². The number of hydrogen-bond acceptors (Lipinski definition) is 6. The minimum atomic E-state index is -1.31. The summed E-state index contributed by atoms with van der Waals surface area (Å²) >= 11 is 0. The zero-order valence-corrected chi connectivity index (χ0v) is 14.2. The molecule has 1 aliphatic heterocycles. The van der Waals surface area contributed by atoms with Gasteiger partial charge < -0.3 is 19.3 Å². The minimum Gasteiger partial charge on any atom is -0.468 e. The number of aliphatic hydroxyl groups is 1. The molecule has 0 aliphatic carbocycles. The lowest BCUT2D eigenvalue weighted by Gasteiger charge is -2.18. The summed E-state index contributed by atoms with van der Waals surface area (Å²) in [5.41, 5.74) is -1.39. The van der Waals surface area contributed by atoms with Gasteiger partial charge in [0.25, 0.3) is 5.95 Å². The predicted molar refractivity (Wildman–Crippen MR) is 84.6 cm³/mol. The van der Waals surface area contributed by atoms with Crippen LogP contribution in [0.2, 0.25) is 0 Å². The van der Waals surface area contributed by atoms with Crippen molar-refractivity contribution in [3.8, 4) is 0 Å². The highest BCUT2D eigenvalue weighted by Crippen LogP contribution is 2.33. The van der Waals surface area contributed by atoms with Crippen LogP contribution in [0.3, 0.4) is 0 Å². The van der Waals surface area contributed by atoms with Crippen LogP contribution in [0.4, 0.5) is 0 Å². The molecule has 0 saturated carbocycles. The normalized spacial score (nSPS) is 24.3. The van der Waals surface area contributed by atoms with Crippen LogP contribution < -0.4 is 0 Å². The maximum atomic E-state index is 12.6. The predicted octanol–water partition coefficient (Wildman–Crippen LogP) is 1.69. The number of carbonyl (C=O) groups is 2. The molecule has 1 rings (SSSR count). The van der Waals surface area contributed by atoms with Gasteiger partial charge in [-0.05, 0) is 26.8 Å². The fourth-order valence-electron chi connectivity index (χ4n) is 2.04. The number of rotatable bonds is 8. The summed E-state index contributed by atoms with van der Waals surface area (Å²) in [4.78, 5) is 24.9. The third kappa shape index (κ3) is 4.77. The van der Waals surface area contributed by atoms with E-state index in [0.29, 0.717) is 0 Å². The largest absolute Gasteiger partial charge is 0.468 e. The summed E-state index contributed by atoms with van der Waals surface area (Å²) in [5.74, 6) is -0.905. The van der Waals surface area contributed by atoms with Crippen LogP contribution in [0.5, 0.6) is 0 Å². The van der Waals surface area contributed by atoms with E-state index in [9.17, 15) is 9.59 Å². The summed E-state index contributed by atoms with van der Waals surface area (Å²) in [7, 11) is 2.84. The Hall–Kier alpha value is -1.92. The van der Waals surface area contributed by atoms with Gasteiger partial charge in [-0.3, -0.25) is 9.59 Å². The maximum absolute atomic E-state index is 12.6. The van der Waals surface area contributed by atoms with E-state index < -0.39 is 17.5 Å². The van der Waals surface area contributed by atoms with Gasteiger partial charge in [-0.25, -0.2) is 0 Å². The van der Waals surface area contributed by atoms with E-state index in [1.165, 1.54) is 20.3 Å². The molecule has 23 heavy (non-hydrogen) atoms. The molecule has 0 saturated heterocycles. The Morgan fingerprint density at radius 3 is 2.52 bits per heavy atom. The quantitative estimate of drug-likeness (QED) is 0.540. The number of hydrogen-bond donors (Lipinski definition) is 1. The zero-order chi connectivity index (χ0) is 17.6. The molecule has 1 heterocycles. The standard InChI is InChI=1S/C17H24O6/c1-11(18)8-6-7-9-17(3)15(20)14(16(22-5)23-17)13(19)10-12(2)21-4/h6-9,11-12,18H,10H2,1-5H3/b8-6+,9-7+. The molecule has 0 fully saturated rings. The first-order valence-electron chi connectivity index (χ1n) is 7.37. The minimum absolute atomic E-state index is 0.0650. The van der Waals surface area contributed by atoms with Crippen molar-refractivity contribution in [1.82, 2.24) is 0 Å². The summed E-state index contributed by atoms with van der Waals surface area (Å²) in [6.45, 7) is 4.91. The van der Waals surface area contributed by atoms with Crippen LogP contribution in [0.1, 0.15) is 27.2 Å². The SMILES string of the molecule is COC1=C(C(=O)CC(C)OC)C(=O)C(C)(/C=C/C=C/C(C)O)O1. The average Bonchev–Trinajstić information content (AvgIpc) is 2.75. The lowest BCUT2D eigenvalue weighted by molar-refractivity contribution is -0.128. The highest BCUT2D eigenvalue weighted by molar-refractivity contribution is 6.25. The summed E-state index contributed by atoms with van der Waals surface area (Å²) in [5, 5.41) is 9.16. The monoisotopic (exact) mass is 324 g/mol. The van der Waals surface area contributed by atoms with Gasteiger partial charge in [0.15, 0.2) is 11.4 Å². The van der Waals surface area contributed by atoms with E-state index in [1.54, 1.807) is 39.0 Å². The summed E-state index contributed by atoms with van der Waals surface area (Å²) < 4.78 is 15.6. The lowest BCUT2D eigenvalue weighted by atomic mass is 9.93. The number of ketones is 2. The second-order valence-corrected chi connectivity index (χ2v) is 5.56. The van der Waals surface area contributed by atoms with Crippen molar-refractivity contribution in [2.45, 2.75) is 45.0 Å². The number of methoxy groups -OCH3 is 2. The molecule has 0 aromatic heterocycles. The van der Waals surface area contributed by atoms with Crippen molar-refractivity contribution in [2.75, 3.05) is 14.2 Å². The summed E-state index contributed by atoms with van der Waals surface area (Å²) in [6.07, 6.45) is 5.43. The van der Waals surface area contributed by atoms with Gasteiger partial charge in [0.05, 0.1) is 19.3 Å². The number of carbonyl (C=O) groups excluding carboxylic acids is 2. The van der Waals surface area contributed by atoms with Crippen LogP contribution in [-0.2, 0) is 23.8 Å². The molecular formula is C17H24O6. The molecule has 6 nitrogen and oxygen atoms in total. The number of aliphatic hydroxyl groups excluding tert-OH is 1. The van der Waals surface area contributed by atoms with Crippen molar-refractivity contribution < 1.29 is 28.9 Å². The highest BCUT2D eigenvalue weighted by atomic mass is 16.7. The molecule has 0 bridgehead atoms. The van der Waals surface area contributed by atoms with Gasteiger partial charge in [-0.1, -0.05) is 18.2 Å². The van der Waals surface area contributed by atoms with Crippen molar-refractivity contribution in [3.05, 3.63) is 35.8 Å². The number of ether oxygens (including phenoxy) is 3. The molecule has 0 spiro atoms. The van der Waals surface area contributed by atoms with Crippen LogP contribution in [0, 0.1) is 0 Å². The molecule has 6 heteroatoms. The van der Waals surface area contributed by atoms with Crippen molar-refractivity contribution in [3.63, 3.8) is 0 Å². The van der Waals surface area contributed by atoms with Crippen molar-refractivity contribution in [2.24, 2.45) is 0 Å². The van der Waals surface area contributed by atoms with Gasteiger partial charge in [0.1, 0.15) is 5.57 Å². The first kappa shape index (κ1) is 19.1. The van der Waals surface area contributed by atoms with Gasteiger partial charge in [-0.2, -0.15) is 0 Å². The number of allylic oxidation sites excluding steroid dienone is 2. The van der Waals surface area contributed by atoms with Crippen molar-refractivity contribution in [1.29, 1.82) is 0 Å². The Labute approximate surface area is 136 Å². The van der Waals surface area contributed by atoms with E-state index >= 15 is 0 Å². The van der Waals surface area contributed by atoms with Crippen LogP contribution in [-0.4, -0.2) is 48.7 Å². The van der Waals surface area contributed by atoms with E-state index in [2.05, 4.69) is 0 Å². The fourth-order valence-corrected chi connectivity index (χ4v) is 2.04. The topological polar surface area (TPSA) is 82.1 Å². The second kappa shape index (κ2) is 8.08. The average molecular weight is 324 g/mol. The maximum Gasteiger partial charge on any atom is 0.295 e. The van der Waals surface area contributed by atoms with E-state index in [4.69, 9.17) is 19.3 Å².